The van der Waals surface area contributed by atoms with Gasteiger partial charge in [-0.2, -0.15) is 0 Å². The highest BCUT2D eigenvalue weighted by molar-refractivity contribution is 8.14. The van der Waals surface area contributed by atoms with Crippen LogP contribution in [-0.2, 0) is 33.7 Å². The lowest BCUT2D eigenvalue weighted by Gasteiger charge is -2.21. The number of thioether (sulfide) groups is 1. The van der Waals surface area contributed by atoms with Crippen LogP contribution in [0, 0.1) is 5.92 Å². The van der Waals surface area contributed by atoms with Crippen molar-refractivity contribution in [3.8, 4) is 16.9 Å². The molecule has 1 aliphatic heterocycles. The molecule has 0 radical (unpaired) electrons. The smallest absolute Gasteiger partial charge is 0.309 e. The van der Waals surface area contributed by atoms with E-state index >= 15 is 0 Å². The first-order chi connectivity index (χ1) is 16.9. The van der Waals surface area contributed by atoms with Gasteiger partial charge in [0, 0.05) is 15.8 Å². The monoisotopic (exact) mass is 530 g/mol. The summed E-state index contributed by atoms with van der Waals surface area (Å²) in [5.74, 6) is 0.275. The van der Waals surface area contributed by atoms with Crippen molar-refractivity contribution >= 4 is 62.0 Å². The normalized spacial score (nSPS) is 17.7. The van der Waals surface area contributed by atoms with Gasteiger partial charge in [-0.1, -0.05) is 35.5 Å². The first-order valence-corrected chi connectivity index (χ1v) is 13.5. The first-order valence-electron chi connectivity index (χ1n) is 11.3. The second-order valence-electron chi connectivity index (χ2n) is 8.39. The summed E-state index contributed by atoms with van der Waals surface area (Å²) in [5, 5.41) is 1.11. The molecule has 1 saturated heterocycles. The van der Waals surface area contributed by atoms with Crippen LogP contribution in [0.15, 0.2) is 24.3 Å². The van der Waals surface area contributed by atoms with Crippen molar-refractivity contribution < 1.29 is 23.9 Å². The number of hydrogen-bond donors (Lipinski definition) is 0. The molecule has 1 aliphatic carbocycles. The number of esters is 1. The highest BCUT2D eigenvalue weighted by atomic mass is 35.5. The summed E-state index contributed by atoms with van der Waals surface area (Å²) in [6.45, 7) is 2.20. The number of nitrogens with zero attached hydrogens (tertiary/aromatic N) is 2. The molecule has 0 N–H and O–H groups in total. The molecule has 0 saturated carbocycles. The quantitative estimate of drug-likeness (QED) is 0.389. The summed E-state index contributed by atoms with van der Waals surface area (Å²) >= 11 is 9.50. The third-order valence-corrected chi connectivity index (χ3v) is 8.77. The molecule has 1 fully saturated rings. The number of hydrogen-bond acceptors (Lipinski definition) is 8. The summed E-state index contributed by atoms with van der Waals surface area (Å²) in [6.07, 6.45) is 2.02. The number of carbonyl (C=O) groups is 3. The average molecular weight is 531 g/mol. The fraction of sp³-hybridized carbons (Fsp3) is 0.360. The van der Waals surface area contributed by atoms with Crippen molar-refractivity contribution in [2.75, 3.05) is 19.5 Å². The minimum Gasteiger partial charge on any atom is -0.497 e. The standard InChI is InChI=1S/C25H23ClN2O5S2/c1-3-33-24(30)14-6-9-16-18(10-14)35-23-21(16)20(13-4-7-15(32-2)8-5-13)22(26)17(27-23)11-28-19(29)12-34-25(28)31/h4-5,7-8,14H,3,6,9-12H2,1-2H3. The Labute approximate surface area is 215 Å². The molecular weight excluding hydrogens is 508 g/mol. The van der Waals surface area contributed by atoms with Crippen molar-refractivity contribution in [3.05, 3.63) is 45.4 Å². The van der Waals surface area contributed by atoms with Gasteiger partial charge in [0.05, 0.1) is 42.6 Å². The van der Waals surface area contributed by atoms with E-state index in [1.807, 2.05) is 31.2 Å². The third kappa shape index (κ3) is 4.41. The molecule has 1 aromatic carbocycles. The number of pyridine rings is 1. The number of amides is 2. The summed E-state index contributed by atoms with van der Waals surface area (Å²) in [5.41, 5.74) is 3.36. The van der Waals surface area contributed by atoms with Gasteiger partial charge in [-0.05, 0) is 49.4 Å². The van der Waals surface area contributed by atoms with E-state index in [1.165, 1.54) is 4.90 Å². The van der Waals surface area contributed by atoms with Crippen LogP contribution >= 0.6 is 34.7 Å². The molecule has 3 heterocycles. The van der Waals surface area contributed by atoms with Crippen LogP contribution in [0.2, 0.25) is 5.02 Å². The lowest BCUT2D eigenvalue weighted by molar-refractivity contribution is -0.148. The number of ether oxygens (including phenoxy) is 2. The second-order valence-corrected chi connectivity index (χ2v) is 10.8. The molecular formula is C25H23ClN2O5S2. The van der Waals surface area contributed by atoms with Crippen LogP contribution in [0.3, 0.4) is 0 Å². The number of thiophene rings is 1. The van der Waals surface area contributed by atoms with Crippen molar-refractivity contribution in [2.45, 2.75) is 32.7 Å². The summed E-state index contributed by atoms with van der Waals surface area (Å²) in [7, 11) is 1.61. The largest absolute Gasteiger partial charge is 0.497 e. The molecule has 182 valence electrons. The predicted octanol–water partition coefficient (Wildman–Crippen LogP) is 5.49. The van der Waals surface area contributed by atoms with E-state index < -0.39 is 0 Å². The highest BCUT2D eigenvalue weighted by Gasteiger charge is 2.34. The molecule has 2 amide bonds. The molecule has 1 atom stereocenters. The molecule has 5 rings (SSSR count). The number of rotatable bonds is 6. The van der Waals surface area contributed by atoms with Gasteiger partial charge in [0.15, 0.2) is 0 Å². The van der Waals surface area contributed by atoms with Crippen molar-refractivity contribution in [1.82, 2.24) is 9.88 Å². The van der Waals surface area contributed by atoms with Gasteiger partial charge < -0.3 is 9.47 Å². The number of carbonyl (C=O) groups excluding carboxylic acids is 3. The van der Waals surface area contributed by atoms with Crippen molar-refractivity contribution in [1.29, 1.82) is 0 Å². The minimum absolute atomic E-state index is 0.0244. The predicted molar refractivity (Wildman–Crippen MR) is 137 cm³/mol. The van der Waals surface area contributed by atoms with Gasteiger partial charge in [-0.25, -0.2) is 4.98 Å². The Morgan fingerprint density at radius 3 is 2.69 bits per heavy atom. The Morgan fingerprint density at radius 2 is 2.03 bits per heavy atom. The Kier molecular flexibility index (Phi) is 6.74. The zero-order valence-electron chi connectivity index (χ0n) is 19.3. The lowest BCUT2D eigenvalue weighted by Crippen LogP contribution is -2.28. The number of imide groups is 1. The maximum atomic E-state index is 12.4. The third-order valence-electron chi connectivity index (χ3n) is 6.35. The van der Waals surface area contributed by atoms with E-state index in [0.29, 0.717) is 30.2 Å². The van der Waals surface area contributed by atoms with Gasteiger partial charge in [-0.3, -0.25) is 19.3 Å². The van der Waals surface area contributed by atoms with Crippen LogP contribution in [0.5, 0.6) is 5.75 Å². The Hall–Kier alpha value is -2.62. The molecule has 35 heavy (non-hydrogen) atoms. The van der Waals surface area contributed by atoms with E-state index in [0.717, 1.165) is 55.7 Å². The number of aromatic nitrogens is 1. The Balaban J connectivity index is 1.65. The van der Waals surface area contributed by atoms with Crippen LogP contribution in [-0.4, -0.2) is 46.5 Å². The summed E-state index contributed by atoms with van der Waals surface area (Å²) in [4.78, 5) is 44.8. The van der Waals surface area contributed by atoms with Crippen LogP contribution in [0.4, 0.5) is 4.79 Å². The summed E-state index contributed by atoms with van der Waals surface area (Å²) in [6, 6.07) is 7.63. The van der Waals surface area contributed by atoms with E-state index in [-0.39, 0.29) is 35.3 Å². The molecule has 0 spiro atoms. The van der Waals surface area contributed by atoms with E-state index in [4.69, 9.17) is 26.1 Å². The number of fused-ring (bicyclic) bond motifs is 3. The number of halogens is 1. The maximum Gasteiger partial charge on any atom is 0.309 e. The fourth-order valence-corrected chi connectivity index (χ4v) is 6.97. The fourth-order valence-electron chi connectivity index (χ4n) is 4.61. The van der Waals surface area contributed by atoms with Gasteiger partial charge in [0.1, 0.15) is 10.6 Å². The molecule has 0 bridgehead atoms. The second kappa shape index (κ2) is 9.79. The zero-order valence-corrected chi connectivity index (χ0v) is 21.6. The maximum absolute atomic E-state index is 12.4. The average Bonchev–Trinajstić information content (AvgIpc) is 3.38. The molecule has 2 aliphatic rings. The van der Waals surface area contributed by atoms with E-state index in [2.05, 4.69) is 0 Å². The molecule has 3 aromatic rings. The molecule has 1 unspecified atom stereocenters. The van der Waals surface area contributed by atoms with Gasteiger partial charge in [0.25, 0.3) is 5.24 Å². The van der Waals surface area contributed by atoms with Gasteiger partial charge in [0.2, 0.25) is 5.91 Å². The Bertz CT molecular complexity index is 1320. The molecule has 7 nitrogen and oxygen atoms in total. The van der Waals surface area contributed by atoms with Crippen molar-refractivity contribution in [2.24, 2.45) is 5.92 Å². The zero-order chi connectivity index (χ0) is 24.7. The van der Waals surface area contributed by atoms with Crippen LogP contribution in [0.25, 0.3) is 21.3 Å². The van der Waals surface area contributed by atoms with Gasteiger partial charge >= 0.3 is 5.97 Å². The lowest BCUT2D eigenvalue weighted by atomic mass is 9.86. The van der Waals surface area contributed by atoms with E-state index in [1.54, 1.807) is 18.4 Å². The minimum atomic E-state index is -0.290. The summed E-state index contributed by atoms with van der Waals surface area (Å²) < 4.78 is 10.6. The first kappa shape index (κ1) is 24.1. The van der Waals surface area contributed by atoms with Crippen molar-refractivity contribution in [3.63, 3.8) is 0 Å². The van der Waals surface area contributed by atoms with Gasteiger partial charge in [-0.15, -0.1) is 11.3 Å². The number of aryl methyl sites for hydroxylation is 1. The SMILES string of the molecule is CCOC(=O)C1CCc2c(sc3nc(CN4C(=O)CSC4=O)c(Cl)c(-c4ccc(OC)cc4)c23)C1. The topological polar surface area (TPSA) is 85.8 Å². The van der Waals surface area contributed by atoms with Crippen LogP contribution < -0.4 is 4.74 Å². The number of methoxy groups -OCH3 is 1. The molecule has 10 heteroatoms. The van der Waals surface area contributed by atoms with E-state index in [9.17, 15) is 14.4 Å². The highest BCUT2D eigenvalue weighted by Crippen LogP contribution is 2.46. The molecule has 2 aromatic heterocycles. The number of benzene rings is 1. The Morgan fingerprint density at radius 1 is 1.26 bits per heavy atom. The van der Waals surface area contributed by atoms with Crippen LogP contribution in [0.1, 0.15) is 29.5 Å².